The number of carbonyl (C=O) groups excluding carboxylic acids is 2. The first-order chi connectivity index (χ1) is 10.5. The molecule has 0 aromatic heterocycles. The van der Waals surface area contributed by atoms with Crippen LogP contribution in [0.5, 0.6) is 0 Å². The summed E-state index contributed by atoms with van der Waals surface area (Å²) in [6.45, 7) is 9.00. The van der Waals surface area contributed by atoms with Crippen LogP contribution in [-0.2, 0) is 9.59 Å². The maximum Gasteiger partial charge on any atom is 0.241 e. The fourth-order valence-corrected chi connectivity index (χ4v) is 3.23. The van der Waals surface area contributed by atoms with Gasteiger partial charge in [-0.15, -0.1) is 24.8 Å². The second kappa shape index (κ2) is 11.1. The second-order valence-corrected chi connectivity index (χ2v) is 6.99. The minimum Gasteiger partial charge on any atom is -0.346 e. The van der Waals surface area contributed by atoms with Crippen molar-refractivity contribution in [3.63, 3.8) is 0 Å². The monoisotopic (exact) mass is 382 g/mol. The Balaban J connectivity index is 0.00000264. The van der Waals surface area contributed by atoms with E-state index in [1.807, 2.05) is 18.7 Å². The number of nitrogens with zero attached hydrogens (tertiary/aromatic N) is 2. The number of likely N-dealkylation sites (tertiary alicyclic amines) is 2. The van der Waals surface area contributed by atoms with Crippen molar-refractivity contribution in [2.24, 2.45) is 17.6 Å². The van der Waals surface area contributed by atoms with Crippen molar-refractivity contribution in [1.82, 2.24) is 15.1 Å². The van der Waals surface area contributed by atoms with Crippen molar-refractivity contribution in [3.8, 4) is 0 Å². The summed E-state index contributed by atoms with van der Waals surface area (Å²) in [6, 6.07) is -0.547. The average Bonchev–Trinajstić information content (AvgIpc) is 3.15. The van der Waals surface area contributed by atoms with Crippen LogP contribution in [0.15, 0.2) is 0 Å². The third-order valence-electron chi connectivity index (χ3n) is 4.79. The zero-order valence-corrected chi connectivity index (χ0v) is 16.3. The number of hydrogen-bond acceptors (Lipinski definition) is 4. The predicted octanol–water partition coefficient (Wildman–Crippen LogP) is 0.874. The van der Waals surface area contributed by atoms with Gasteiger partial charge in [-0.1, -0.05) is 13.8 Å². The van der Waals surface area contributed by atoms with Crippen LogP contribution < -0.4 is 11.1 Å². The minimum atomic E-state index is -0.547. The van der Waals surface area contributed by atoms with Crippen LogP contribution in [0.4, 0.5) is 0 Å². The molecule has 2 aliphatic heterocycles. The Morgan fingerprint density at radius 1 is 1.17 bits per heavy atom. The first-order valence-corrected chi connectivity index (χ1v) is 8.50. The summed E-state index contributed by atoms with van der Waals surface area (Å²) >= 11 is 0. The molecule has 2 amide bonds. The quantitative estimate of drug-likeness (QED) is 0.714. The first kappa shape index (κ1) is 23.4. The Hall–Kier alpha value is -0.560. The van der Waals surface area contributed by atoms with E-state index in [0.717, 1.165) is 26.1 Å². The Bertz CT molecular complexity index is 404. The van der Waals surface area contributed by atoms with Crippen LogP contribution in [0.2, 0.25) is 0 Å². The number of hydrogen-bond donors (Lipinski definition) is 2. The van der Waals surface area contributed by atoms with Crippen LogP contribution in [0.25, 0.3) is 0 Å². The average molecular weight is 383 g/mol. The van der Waals surface area contributed by atoms with Gasteiger partial charge in [0.2, 0.25) is 11.8 Å². The fraction of sp³-hybridized carbons (Fsp3) is 0.875. The highest BCUT2D eigenvalue weighted by molar-refractivity contribution is 5.87. The van der Waals surface area contributed by atoms with Crippen molar-refractivity contribution in [1.29, 1.82) is 0 Å². The van der Waals surface area contributed by atoms with Crippen molar-refractivity contribution in [2.75, 3.05) is 39.3 Å². The lowest BCUT2D eigenvalue weighted by atomic mass is 10.1. The zero-order valence-electron chi connectivity index (χ0n) is 14.7. The van der Waals surface area contributed by atoms with E-state index in [9.17, 15) is 9.59 Å². The maximum absolute atomic E-state index is 12.2. The lowest BCUT2D eigenvalue weighted by molar-refractivity contribution is -0.132. The van der Waals surface area contributed by atoms with Crippen molar-refractivity contribution < 1.29 is 9.59 Å². The number of carbonyl (C=O) groups is 2. The Kier molecular flexibility index (Phi) is 10.9. The van der Waals surface area contributed by atoms with Crippen LogP contribution in [-0.4, -0.2) is 66.9 Å². The molecular weight excluding hydrogens is 351 g/mol. The van der Waals surface area contributed by atoms with Gasteiger partial charge in [0, 0.05) is 19.6 Å². The zero-order chi connectivity index (χ0) is 16.1. The van der Waals surface area contributed by atoms with Crippen LogP contribution in [0.1, 0.15) is 33.1 Å². The van der Waals surface area contributed by atoms with Crippen LogP contribution in [0.3, 0.4) is 0 Å². The molecule has 2 atom stereocenters. The summed E-state index contributed by atoms with van der Waals surface area (Å²) in [5.41, 5.74) is 5.77. The molecular formula is C16H32Cl2N4O2. The van der Waals surface area contributed by atoms with Gasteiger partial charge in [0.15, 0.2) is 0 Å². The van der Waals surface area contributed by atoms with E-state index >= 15 is 0 Å². The third kappa shape index (κ3) is 6.75. The minimum absolute atomic E-state index is 0. The summed E-state index contributed by atoms with van der Waals surface area (Å²) in [7, 11) is 0. The third-order valence-corrected chi connectivity index (χ3v) is 4.79. The highest BCUT2D eigenvalue weighted by Crippen LogP contribution is 2.19. The van der Waals surface area contributed by atoms with E-state index < -0.39 is 6.04 Å². The smallest absolute Gasteiger partial charge is 0.241 e. The molecule has 2 heterocycles. The van der Waals surface area contributed by atoms with Gasteiger partial charge in [0.05, 0.1) is 12.6 Å². The SMILES string of the molecule is CC(C)[C@H](N)C(=O)NCC(=O)N1CCC(CN2CCCC2)C1.Cl.Cl. The number of halogens is 2. The van der Waals surface area contributed by atoms with E-state index in [1.165, 1.54) is 25.9 Å². The largest absolute Gasteiger partial charge is 0.346 e. The lowest BCUT2D eigenvalue weighted by Crippen LogP contribution is -2.47. The standard InChI is InChI=1S/C16H30N4O2.2ClH/c1-12(2)15(17)16(22)18-9-14(21)20-8-5-13(11-20)10-19-6-3-4-7-19;;/h12-13,15H,3-11,17H2,1-2H3,(H,18,22);2*1H/t13?,15-;;/m0../s1. The Morgan fingerprint density at radius 2 is 1.79 bits per heavy atom. The lowest BCUT2D eigenvalue weighted by Gasteiger charge is -2.21. The van der Waals surface area contributed by atoms with Crippen molar-refractivity contribution in [2.45, 2.75) is 39.2 Å². The molecule has 8 heteroatoms. The topological polar surface area (TPSA) is 78.7 Å². The molecule has 0 radical (unpaired) electrons. The molecule has 0 spiro atoms. The molecule has 0 saturated carbocycles. The fourth-order valence-electron chi connectivity index (χ4n) is 3.23. The van der Waals surface area contributed by atoms with E-state index in [0.29, 0.717) is 5.92 Å². The van der Waals surface area contributed by atoms with Crippen LogP contribution in [0, 0.1) is 11.8 Å². The number of rotatable bonds is 6. The predicted molar refractivity (Wildman–Crippen MR) is 101 cm³/mol. The molecule has 24 heavy (non-hydrogen) atoms. The first-order valence-electron chi connectivity index (χ1n) is 8.50. The normalized spacial score (nSPS) is 22.0. The molecule has 2 rings (SSSR count). The highest BCUT2D eigenvalue weighted by Gasteiger charge is 2.28. The molecule has 1 unspecified atom stereocenters. The molecule has 0 aliphatic carbocycles. The van der Waals surface area contributed by atoms with Crippen LogP contribution >= 0.6 is 24.8 Å². The van der Waals surface area contributed by atoms with E-state index in [1.54, 1.807) is 0 Å². The molecule has 2 fully saturated rings. The number of amides is 2. The summed E-state index contributed by atoms with van der Waals surface area (Å²) in [4.78, 5) is 28.3. The molecule has 0 aromatic rings. The van der Waals surface area contributed by atoms with Gasteiger partial charge in [-0.25, -0.2) is 0 Å². The van der Waals surface area contributed by atoms with Gasteiger partial charge in [0.25, 0.3) is 0 Å². The van der Waals surface area contributed by atoms with E-state index in [-0.39, 0.29) is 49.1 Å². The number of nitrogens with one attached hydrogen (secondary N) is 1. The molecule has 0 bridgehead atoms. The van der Waals surface area contributed by atoms with Gasteiger partial charge in [-0.3, -0.25) is 9.59 Å². The van der Waals surface area contributed by atoms with E-state index in [2.05, 4.69) is 10.2 Å². The summed E-state index contributed by atoms with van der Waals surface area (Å²) < 4.78 is 0. The van der Waals surface area contributed by atoms with E-state index in [4.69, 9.17) is 5.73 Å². The summed E-state index contributed by atoms with van der Waals surface area (Å²) in [6.07, 6.45) is 3.68. The molecule has 0 aromatic carbocycles. The maximum atomic E-state index is 12.2. The second-order valence-electron chi connectivity index (χ2n) is 6.99. The van der Waals surface area contributed by atoms with Crippen molar-refractivity contribution >= 4 is 36.6 Å². The molecule has 2 aliphatic rings. The molecule has 142 valence electrons. The van der Waals surface area contributed by atoms with Gasteiger partial charge >= 0.3 is 0 Å². The highest BCUT2D eigenvalue weighted by atomic mass is 35.5. The summed E-state index contributed by atoms with van der Waals surface area (Å²) in [5.74, 6) is 0.423. The molecule has 2 saturated heterocycles. The molecule has 6 nitrogen and oxygen atoms in total. The van der Waals surface area contributed by atoms with Gasteiger partial charge in [0.1, 0.15) is 0 Å². The van der Waals surface area contributed by atoms with Gasteiger partial charge < -0.3 is 20.9 Å². The van der Waals surface area contributed by atoms with Gasteiger partial charge in [-0.2, -0.15) is 0 Å². The van der Waals surface area contributed by atoms with Crippen molar-refractivity contribution in [3.05, 3.63) is 0 Å². The number of nitrogens with two attached hydrogens (primary N) is 1. The van der Waals surface area contributed by atoms with Gasteiger partial charge in [-0.05, 0) is 44.2 Å². The Morgan fingerprint density at radius 3 is 2.38 bits per heavy atom. The summed E-state index contributed by atoms with van der Waals surface area (Å²) in [5, 5.41) is 2.66. The molecule has 3 N–H and O–H groups in total. The Labute approximate surface area is 157 Å².